The average Bonchev–Trinajstić information content (AvgIpc) is 2.29. The van der Waals surface area contributed by atoms with Crippen LogP contribution < -0.4 is 10.1 Å². The first-order chi connectivity index (χ1) is 7.58. The lowest BCUT2D eigenvalue weighted by Crippen LogP contribution is -2.22. The standard InChI is InChI=1S/C12H16ClNO2/c1-4-8(2)14-7-9-5-10(13)6-11(16-3)12(9)15/h4-6,8,14-15H,1,7H2,2-3H3. The Hall–Kier alpha value is -1.19. The van der Waals surface area contributed by atoms with E-state index in [9.17, 15) is 5.11 Å². The Bertz CT molecular complexity index is 380. The molecule has 0 aliphatic carbocycles. The van der Waals surface area contributed by atoms with Gasteiger partial charge in [-0.1, -0.05) is 17.7 Å². The molecule has 0 aromatic heterocycles. The summed E-state index contributed by atoms with van der Waals surface area (Å²) in [6.07, 6.45) is 1.79. The summed E-state index contributed by atoms with van der Waals surface area (Å²) in [7, 11) is 1.49. The minimum Gasteiger partial charge on any atom is -0.504 e. The number of nitrogens with one attached hydrogen (secondary N) is 1. The first kappa shape index (κ1) is 12.9. The van der Waals surface area contributed by atoms with Gasteiger partial charge in [0, 0.05) is 29.2 Å². The van der Waals surface area contributed by atoms with Crippen molar-refractivity contribution < 1.29 is 9.84 Å². The van der Waals surface area contributed by atoms with Crippen molar-refractivity contribution >= 4 is 11.6 Å². The molecule has 0 spiro atoms. The number of phenolic OH excluding ortho intramolecular Hbond substituents is 1. The van der Waals surface area contributed by atoms with Crippen LogP contribution in [0.5, 0.6) is 11.5 Å². The predicted octanol–water partition coefficient (Wildman–Crippen LogP) is 2.72. The smallest absolute Gasteiger partial charge is 0.162 e. The Balaban J connectivity index is 2.86. The predicted molar refractivity (Wildman–Crippen MR) is 66.2 cm³/mol. The lowest BCUT2D eigenvalue weighted by molar-refractivity contribution is 0.369. The lowest BCUT2D eigenvalue weighted by atomic mass is 10.1. The Labute approximate surface area is 101 Å². The molecule has 0 bridgehead atoms. The van der Waals surface area contributed by atoms with Gasteiger partial charge in [0.15, 0.2) is 11.5 Å². The van der Waals surface area contributed by atoms with Gasteiger partial charge >= 0.3 is 0 Å². The van der Waals surface area contributed by atoms with E-state index in [4.69, 9.17) is 16.3 Å². The Kier molecular flexibility index (Phi) is 4.65. The molecule has 0 radical (unpaired) electrons. The van der Waals surface area contributed by atoms with E-state index in [1.165, 1.54) is 7.11 Å². The van der Waals surface area contributed by atoms with Gasteiger partial charge in [-0.15, -0.1) is 6.58 Å². The fraction of sp³-hybridized carbons (Fsp3) is 0.333. The van der Waals surface area contributed by atoms with Crippen molar-refractivity contribution in [1.29, 1.82) is 0 Å². The maximum atomic E-state index is 9.85. The molecule has 0 aliphatic rings. The molecule has 88 valence electrons. The normalized spacial score (nSPS) is 12.2. The van der Waals surface area contributed by atoms with E-state index >= 15 is 0 Å². The summed E-state index contributed by atoms with van der Waals surface area (Å²) in [5.74, 6) is 0.506. The second kappa shape index (κ2) is 5.77. The third-order valence-electron chi connectivity index (χ3n) is 2.31. The van der Waals surface area contributed by atoms with Crippen molar-refractivity contribution in [3.63, 3.8) is 0 Å². The summed E-state index contributed by atoms with van der Waals surface area (Å²) in [6, 6.07) is 3.46. The molecular formula is C12H16ClNO2. The minimum atomic E-state index is 0.121. The van der Waals surface area contributed by atoms with E-state index in [0.29, 0.717) is 22.9 Å². The van der Waals surface area contributed by atoms with Crippen LogP contribution in [0.25, 0.3) is 0 Å². The van der Waals surface area contributed by atoms with Crippen LogP contribution in [0.3, 0.4) is 0 Å². The van der Waals surface area contributed by atoms with Crippen LogP contribution in [0.2, 0.25) is 5.02 Å². The van der Waals surface area contributed by atoms with Crippen LogP contribution in [-0.4, -0.2) is 18.3 Å². The first-order valence-electron chi connectivity index (χ1n) is 4.99. The van der Waals surface area contributed by atoms with Crippen LogP contribution in [0, 0.1) is 0 Å². The summed E-state index contributed by atoms with van der Waals surface area (Å²) in [5.41, 5.74) is 0.707. The minimum absolute atomic E-state index is 0.121. The molecule has 4 heteroatoms. The highest BCUT2D eigenvalue weighted by Crippen LogP contribution is 2.33. The van der Waals surface area contributed by atoms with E-state index in [0.717, 1.165) is 0 Å². The fourth-order valence-corrected chi connectivity index (χ4v) is 1.50. The van der Waals surface area contributed by atoms with E-state index in [2.05, 4.69) is 11.9 Å². The molecule has 0 heterocycles. The van der Waals surface area contributed by atoms with Crippen LogP contribution in [0.4, 0.5) is 0 Å². The van der Waals surface area contributed by atoms with Crippen molar-refractivity contribution in [1.82, 2.24) is 5.32 Å². The highest BCUT2D eigenvalue weighted by Gasteiger charge is 2.10. The van der Waals surface area contributed by atoms with Crippen molar-refractivity contribution in [3.8, 4) is 11.5 Å². The molecule has 1 rings (SSSR count). The van der Waals surface area contributed by atoms with Crippen molar-refractivity contribution in [3.05, 3.63) is 35.4 Å². The molecule has 16 heavy (non-hydrogen) atoms. The molecule has 0 saturated carbocycles. The van der Waals surface area contributed by atoms with E-state index < -0.39 is 0 Å². The second-order valence-electron chi connectivity index (χ2n) is 3.52. The number of hydrogen-bond donors (Lipinski definition) is 2. The molecule has 0 fully saturated rings. The largest absolute Gasteiger partial charge is 0.504 e. The first-order valence-corrected chi connectivity index (χ1v) is 5.37. The molecule has 1 aromatic carbocycles. The number of hydrogen-bond acceptors (Lipinski definition) is 3. The zero-order chi connectivity index (χ0) is 12.1. The highest BCUT2D eigenvalue weighted by molar-refractivity contribution is 6.30. The van der Waals surface area contributed by atoms with Crippen LogP contribution in [0.15, 0.2) is 24.8 Å². The van der Waals surface area contributed by atoms with Crippen LogP contribution in [-0.2, 0) is 6.54 Å². The monoisotopic (exact) mass is 241 g/mol. The van der Waals surface area contributed by atoms with Gasteiger partial charge in [-0.3, -0.25) is 0 Å². The van der Waals surface area contributed by atoms with Gasteiger partial charge in [0.1, 0.15) is 0 Å². The van der Waals surface area contributed by atoms with Gasteiger partial charge < -0.3 is 15.2 Å². The molecule has 3 nitrogen and oxygen atoms in total. The molecular weight excluding hydrogens is 226 g/mol. The number of rotatable bonds is 5. The van der Waals surface area contributed by atoms with Gasteiger partial charge in [-0.25, -0.2) is 0 Å². The van der Waals surface area contributed by atoms with E-state index in [-0.39, 0.29) is 11.8 Å². The number of methoxy groups -OCH3 is 1. The lowest BCUT2D eigenvalue weighted by Gasteiger charge is -2.12. The Morgan fingerprint density at radius 1 is 1.62 bits per heavy atom. The summed E-state index contributed by atoms with van der Waals surface area (Å²) in [6.45, 7) is 6.16. The molecule has 0 aliphatic heterocycles. The topological polar surface area (TPSA) is 41.5 Å². The van der Waals surface area contributed by atoms with E-state index in [1.807, 2.05) is 6.92 Å². The van der Waals surface area contributed by atoms with Crippen molar-refractivity contribution in [2.75, 3.05) is 7.11 Å². The summed E-state index contributed by atoms with van der Waals surface area (Å²) < 4.78 is 5.02. The molecule has 2 N–H and O–H groups in total. The van der Waals surface area contributed by atoms with Gasteiger partial charge in [-0.05, 0) is 13.0 Å². The van der Waals surface area contributed by atoms with Gasteiger partial charge in [0.2, 0.25) is 0 Å². The van der Waals surface area contributed by atoms with Gasteiger partial charge in [0.25, 0.3) is 0 Å². The Morgan fingerprint density at radius 3 is 2.88 bits per heavy atom. The van der Waals surface area contributed by atoms with Gasteiger partial charge in [-0.2, -0.15) is 0 Å². The zero-order valence-corrected chi connectivity index (χ0v) is 10.2. The zero-order valence-electron chi connectivity index (χ0n) is 9.46. The molecule has 1 atom stereocenters. The van der Waals surface area contributed by atoms with Crippen LogP contribution in [0.1, 0.15) is 12.5 Å². The molecule has 1 aromatic rings. The second-order valence-corrected chi connectivity index (χ2v) is 3.96. The maximum absolute atomic E-state index is 9.85. The quantitative estimate of drug-likeness (QED) is 0.779. The molecule has 0 saturated heterocycles. The molecule has 0 amide bonds. The Morgan fingerprint density at radius 2 is 2.31 bits per heavy atom. The summed E-state index contributed by atoms with van der Waals surface area (Å²) >= 11 is 5.91. The highest BCUT2D eigenvalue weighted by atomic mass is 35.5. The maximum Gasteiger partial charge on any atom is 0.162 e. The molecule has 1 unspecified atom stereocenters. The van der Waals surface area contributed by atoms with E-state index in [1.54, 1.807) is 18.2 Å². The average molecular weight is 242 g/mol. The number of benzene rings is 1. The number of halogens is 1. The fourth-order valence-electron chi connectivity index (χ4n) is 1.27. The SMILES string of the molecule is C=CC(C)NCc1cc(Cl)cc(OC)c1O. The summed E-state index contributed by atoms with van der Waals surface area (Å²) in [5, 5.41) is 13.6. The number of phenols is 1. The summed E-state index contributed by atoms with van der Waals surface area (Å²) in [4.78, 5) is 0. The van der Waals surface area contributed by atoms with Crippen LogP contribution >= 0.6 is 11.6 Å². The third-order valence-corrected chi connectivity index (χ3v) is 2.52. The third kappa shape index (κ3) is 3.15. The van der Waals surface area contributed by atoms with Gasteiger partial charge in [0.05, 0.1) is 7.11 Å². The van der Waals surface area contributed by atoms with Crippen molar-refractivity contribution in [2.24, 2.45) is 0 Å². The number of ether oxygens (including phenoxy) is 1. The number of aromatic hydroxyl groups is 1. The van der Waals surface area contributed by atoms with Crippen molar-refractivity contribution in [2.45, 2.75) is 19.5 Å².